The summed E-state index contributed by atoms with van der Waals surface area (Å²) in [5.41, 5.74) is 1.32. The Morgan fingerprint density at radius 1 is 1.21 bits per heavy atom. The number of hydrogen-bond acceptors (Lipinski definition) is 9. The molecule has 0 bridgehead atoms. The van der Waals surface area contributed by atoms with Crippen molar-refractivity contribution in [3.05, 3.63) is 29.5 Å². The average molecular weight is 492 g/mol. The summed E-state index contributed by atoms with van der Waals surface area (Å²) < 4.78 is 29.0. The van der Waals surface area contributed by atoms with Gasteiger partial charge in [-0.2, -0.15) is 5.10 Å². The molecule has 0 N–H and O–H groups in total. The van der Waals surface area contributed by atoms with Crippen LogP contribution in [0.2, 0.25) is 0 Å². The minimum atomic E-state index is -3.14. The van der Waals surface area contributed by atoms with E-state index in [2.05, 4.69) is 15.0 Å². The molecule has 2 amide bonds. The summed E-state index contributed by atoms with van der Waals surface area (Å²) >= 11 is 1.55. The van der Waals surface area contributed by atoms with Gasteiger partial charge in [-0.3, -0.25) is 14.5 Å². The van der Waals surface area contributed by atoms with E-state index in [0.29, 0.717) is 38.2 Å². The molecule has 176 valence electrons. The first-order valence-corrected chi connectivity index (χ1v) is 13.7. The van der Waals surface area contributed by atoms with Crippen LogP contribution in [-0.2, 0) is 26.0 Å². The number of aromatic nitrogens is 1. The molecule has 33 heavy (non-hydrogen) atoms. The van der Waals surface area contributed by atoms with Crippen LogP contribution in [0.5, 0.6) is 0 Å². The fourth-order valence-corrected chi connectivity index (χ4v) is 6.86. The van der Waals surface area contributed by atoms with Crippen LogP contribution in [0.15, 0.2) is 33.3 Å². The second kappa shape index (κ2) is 8.99. The number of hydrazone groups is 1. The Bertz CT molecular complexity index is 1170. The number of sulfone groups is 1. The lowest BCUT2D eigenvalue weighted by atomic mass is 10.1. The largest absolute Gasteiger partial charge is 0.462 e. The lowest BCUT2D eigenvalue weighted by molar-refractivity contribution is -0.134. The second-order valence-electron chi connectivity index (χ2n) is 8.53. The fourth-order valence-electron chi connectivity index (χ4n) is 4.39. The minimum absolute atomic E-state index is 0.0597. The van der Waals surface area contributed by atoms with E-state index in [-0.39, 0.29) is 29.7 Å². The summed E-state index contributed by atoms with van der Waals surface area (Å²) in [7, 11) is -3.14. The van der Waals surface area contributed by atoms with E-state index in [9.17, 15) is 18.0 Å². The maximum atomic E-state index is 13.0. The van der Waals surface area contributed by atoms with Crippen LogP contribution in [0.4, 0.5) is 0 Å². The summed E-state index contributed by atoms with van der Waals surface area (Å²) in [6.07, 6.45) is 2.48. The Balaban J connectivity index is 1.17. The molecular formula is C21H25N5O5S2. The first kappa shape index (κ1) is 22.2. The van der Waals surface area contributed by atoms with Crippen LogP contribution < -0.4 is 0 Å². The molecule has 2 aromatic heterocycles. The number of nitrogens with zero attached hydrogens (tertiary/aromatic N) is 5. The SMILES string of the molecule is O=C(C1=NN([C@@H]2CCS(=O)(=O)C2)C(=O)CC1)N1CCN(Cc2csc(-c3ccco3)n2)CC1. The first-order valence-electron chi connectivity index (χ1n) is 11.0. The predicted octanol–water partition coefficient (Wildman–Crippen LogP) is 1.21. The third-order valence-corrected chi connectivity index (χ3v) is 8.85. The first-order chi connectivity index (χ1) is 15.9. The fraction of sp³-hybridized carbons (Fsp3) is 0.524. The van der Waals surface area contributed by atoms with E-state index < -0.39 is 15.9 Å². The zero-order valence-corrected chi connectivity index (χ0v) is 19.7. The van der Waals surface area contributed by atoms with Crippen molar-refractivity contribution in [1.82, 2.24) is 19.8 Å². The molecule has 5 rings (SSSR count). The van der Waals surface area contributed by atoms with Crippen molar-refractivity contribution in [1.29, 1.82) is 0 Å². The molecule has 1 atom stereocenters. The van der Waals surface area contributed by atoms with Crippen LogP contribution >= 0.6 is 11.3 Å². The van der Waals surface area contributed by atoms with Crippen LogP contribution in [0.3, 0.4) is 0 Å². The van der Waals surface area contributed by atoms with Gasteiger partial charge in [-0.1, -0.05) is 0 Å². The lowest BCUT2D eigenvalue weighted by Gasteiger charge is -2.35. The van der Waals surface area contributed by atoms with Gasteiger partial charge in [-0.05, 0) is 18.6 Å². The van der Waals surface area contributed by atoms with Crippen molar-refractivity contribution in [2.45, 2.75) is 31.8 Å². The number of hydrogen-bond donors (Lipinski definition) is 0. The molecule has 12 heteroatoms. The normalized spacial score (nSPS) is 23.7. The van der Waals surface area contributed by atoms with Crippen molar-refractivity contribution in [2.24, 2.45) is 5.10 Å². The summed E-state index contributed by atoms with van der Waals surface area (Å²) in [5, 5.41) is 8.44. The molecule has 3 aliphatic rings. The second-order valence-corrected chi connectivity index (χ2v) is 11.6. The topological polar surface area (TPSA) is 116 Å². The van der Waals surface area contributed by atoms with Crippen LogP contribution in [0.1, 0.15) is 25.0 Å². The summed E-state index contributed by atoms with van der Waals surface area (Å²) in [6.45, 7) is 3.28. The Kier molecular flexibility index (Phi) is 6.06. The maximum Gasteiger partial charge on any atom is 0.270 e. The van der Waals surface area contributed by atoms with Gasteiger partial charge in [-0.15, -0.1) is 11.3 Å². The van der Waals surface area contributed by atoms with E-state index >= 15 is 0 Å². The maximum absolute atomic E-state index is 13.0. The van der Waals surface area contributed by atoms with Gasteiger partial charge >= 0.3 is 0 Å². The molecule has 0 spiro atoms. The van der Waals surface area contributed by atoms with Crippen molar-refractivity contribution >= 4 is 38.7 Å². The number of carbonyl (C=O) groups excluding carboxylic acids is 2. The molecule has 0 aliphatic carbocycles. The number of rotatable bonds is 5. The number of carbonyl (C=O) groups is 2. The highest BCUT2D eigenvalue weighted by atomic mass is 32.2. The van der Waals surface area contributed by atoms with Gasteiger partial charge in [0.15, 0.2) is 20.6 Å². The Labute approximate surface area is 195 Å². The molecule has 2 fully saturated rings. The molecule has 2 saturated heterocycles. The highest BCUT2D eigenvalue weighted by Gasteiger charge is 2.38. The number of amides is 2. The molecule has 3 aliphatic heterocycles. The number of furan rings is 1. The van der Waals surface area contributed by atoms with Gasteiger partial charge in [0.25, 0.3) is 5.91 Å². The van der Waals surface area contributed by atoms with E-state index in [1.165, 1.54) is 5.01 Å². The Hall–Kier alpha value is -2.57. The van der Waals surface area contributed by atoms with Gasteiger partial charge in [-0.25, -0.2) is 18.4 Å². The Morgan fingerprint density at radius 3 is 2.73 bits per heavy atom. The molecule has 0 radical (unpaired) electrons. The van der Waals surface area contributed by atoms with Gasteiger partial charge in [0.05, 0.1) is 29.5 Å². The molecule has 0 unspecified atom stereocenters. The van der Waals surface area contributed by atoms with Crippen molar-refractivity contribution < 1.29 is 22.4 Å². The molecule has 2 aromatic rings. The molecule has 0 aromatic carbocycles. The Morgan fingerprint density at radius 2 is 2.03 bits per heavy atom. The quantitative estimate of drug-likeness (QED) is 0.617. The highest BCUT2D eigenvalue weighted by molar-refractivity contribution is 7.91. The van der Waals surface area contributed by atoms with Gasteiger partial charge in [0.1, 0.15) is 5.71 Å². The zero-order chi connectivity index (χ0) is 23.0. The van der Waals surface area contributed by atoms with E-state index in [0.717, 1.165) is 29.6 Å². The molecule has 0 saturated carbocycles. The van der Waals surface area contributed by atoms with Crippen molar-refractivity contribution in [3.8, 4) is 10.8 Å². The van der Waals surface area contributed by atoms with Gasteiger partial charge in [0, 0.05) is 50.9 Å². The smallest absolute Gasteiger partial charge is 0.270 e. The zero-order valence-electron chi connectivity index (χ0n) is 18.1. The van der Waals surface area contributed by atoms with Crippen LogP contribution in [0, 0.1) is 0 Å². The summed E-state index contributed by atoms with van der Waals surface area (Å²) in [6, 6.07) is 3.27. The average Bonchev–Trinajstić information content (AvgIpc) is 3.55. The summed E-state index contributed by atoms with van der Waals surface area (Å²) in [4.78, 5) is 34.0. The van der Waals surface area contributed by atoms with Gasteiger partial charge < -0.3 is 9.32 Å². The molecule has 5 heterocycles. The predicted molar refractivity (Wildman–Crippen MR) is 122 cm³/mol. The van der Waals surface area contributed by atoms with Crippen molar-refractivity contribution in [3.63, 3.8) is 0 Å². The standard InChI is InChI=1S/C21H25N5O5S2/c27-19-4-3-17(23-26(19)16-5-11-33(29,30)14-16)21(28)25-8-6-24(7-9-25)12-15-13-32-20(22-15)18-2-1-10-31-18/h1-2,10,13,16H,3-9,11-12,14H2/t16-/m1/s1. The van der Waals surface area contributed by atoms with Crippen LogP contribution in [0.25, 0.3) is 10.8 Å². The molecule has 10 nitrogen and oxygen atoms in total. The highest BCUT2D eigenvalue weighted by Crippen LogP contribution is 2.25. The van der Waals surface area contributed by atoms with Crippen molar-refractivity contribution in [2.75, 3.05) is 37.7 Å². The lowest BCUT2D eigenvalue weighted by Crippen LogP contribution is -2.51. The molecular weight excluding hydrogens is 466 g/mol. The third-order valence-electron chi connectivity index (χ3n) is 6.19. The monoisotopic (exact) mass is 491 g/mol. The van der Waals surface area contributed by atoms with Crippen LogP contribution in [-0.4, -0.2) is 89.5 Å². The van der Waals surface area contributed by atoms with E-state index in [1.54, 1.807) is 22.5 Å². The van der Waals surface area contributed by atoms with E-state index in [4.69, 9.17) is 4.42 Å². The van der Waals surface area contributed by atoms with Gasteiger partial charge in [0.2, 0.25) is 5.91 Å². The number of piperazine rings is 1. The van der Waals surface area contributed by atoms with E-state index in [1.807, 2.05) is 17.5 Å². The third kappa shape index (κ3) is 4.87. The summed E-state index contributed by atoms with van der Waals surface area (Å²) in [5.74, 6) is 0.361. The minimum Gasteiger partial charge on any atom is -0.462 e. The number of thiazole rings is 1.